The Morgan fingerprint density at radius 3 is 2.58 bits per heavy atom. The van der Waals surface area contributed by atoms with Gasteiger partial charge in [0.25, 0.3) is 0 Å². The molecular weight excluding hydrogens is 507 g/mol. The molecule has 1 unspecified atom stereocenters. The van der Waals surface area contributed by atoms with Crippen LogP contribution in [0.4, 0.5) is 5.82 Å². The van der Waals surface area contributed by atoms with Gasteiger partial charge in [0, 0.05) is 46.0 Å². The van der Waals surface area contributed by atoms with Crippen molar-refractivity contribution in [2.75, 3.05) is 58.3 Å². The van der Waals surface area contributed by atoms with Crippen LogP contribution in [0.1, 0.15) is 5.56 Å². The van der Waals surface area contributed by atoms with E-state index in [2.05, 4.69) is 49.6 Å². The van der Waals surface area contributed by atoms with Gasteiger partial charge in [0.15, 0.2) is 17.5 Å². The summed E-state index contributed by atoms with van der Waals surface area (Å²) in [7, 11) is 3.92. The summed E-state index contributed by atoms with van der Waals surface area (Å²) in [4.78, 5) is 13.6. The highest BCUT2D eigenvalue weighted by Gasteiger charge is 2.20. The summed E-state index contributed by atoms with van der Waals surface area (Å²) in [5.41, 5.74) is 1.11. The highest BCUT2D eigenvalue weighted by molar-refractivity contribution is 14.0. The number of halogens is 1. The van der Waals surface area contributed by atoms with Crippen molar-refractivity contribution in [2.24, 2.45) is 4.99 Å². The molecule has 168 valence electrons. The van der Waals surface area contributed by atoms with Gasteiger partial charge in [-0.3, -0.25) is 4.99 Å². The number of anilines is 1. The SMILES string of the molecule is CN=C(NCc1ccc(N2CCN(C)CC2)nc1)NCC1COc2ccccc2O1.I. The van der Waals surface area contributed by atoms with Gasteiger partial charge in [0.2, 0.25) is 0 Å². The molecule has 4 rings (SSSR count). The Bertz CT molecular complexity index is 855. The van der Waals surface area contributed by atoms with E-state index >= 15 is 0 Å². The largest absolute Gasteiger partial charge is 0.486 e. The van der Waals surface area contributed by atoms with Gasteiger partial charge in [-0.2, -0.15) is 0 Å². The molecule has 2 aliphatic heterocycles. The Morgan fingerprint density at radius 1 is 1.10 bits per heavy atom. The second kappa shape index (κ2) is 11.4. The smallest absolute Gasteiger partial charge is 0.191 e. The average Bonchev–Trinajstić information content (AvgIpc) is 2.80. The number of aromatic nitrogens is 1. The minimum absolute atomic E-state index is 0. The van der Waals surface area contributed by atoms with E-state index in [1.165, 1.54) is 0 Å². The topological polar surface area (TPSA) is 74.3 Å². The molecule has 3 heterocycles. The number of pyridine rings is 1. The lowest BCUT2D eigenvalue weighted by Gasteiger charge is -2.33. The minimum atomic E-state index is -0.0667. The van der Waals surface area contributed by atoms with Gasteiger partial charge in [0.1, 0.15) is 18.5 Å². The first-order valence-corrected chi connectivity index (χ1v) is 10.4. The number of hydrogen-bond donors (Lipinski definition) is 2. The molecule has 2 N–H and O–H groups in total. The molecule has 1 aromatic heterocycles. The molecule has 0 saturated carbocycles. The molecular formula is C22H31IN6O2. The quantitative estimate of drug-likeness (QED) is 0.343. The zero-order valence-corrected chi connectivity index (χ0v) is 20.4. The summed E-state index contributed by atoms with van der Waals surface area (Å²) in [6.07, 6.45) is 1.87. The number of ether oxygens (including phenoxy) is 2. The summed E-state index contributed by atoms with van der Waals surface area (Å²) < 4.78 is 11.7. The van der Waals surface area contributed by atoms with Gasteiger partial charge in [-0.25, -0.2) is 4.98 Å². The van der Waals surface area contributed by atoms with E-state index in [-0.39, 0.29) is 30.1 Å². The summed E-state index contributed by atoms with van der Waals surface area (Å²) in [5, 5.41) is 6.64. The zero-order valence-electron chi connectivity index (χ0n) is 18.1. The first-order chi connectivity index (χ1) is 14.7. The molecule has 2 aliphatic rings. The van der Waals surface area contributed by atoms with Crippen LogP contribution in [-0.4, -0.2) is 75.4 Å². The van der Waals surface area contributed by atoms with Crippen molar-refractivity contribution in [1.29, 1.82) is 0 Å². The van der Waals surface area contributed by atoms with Crippen molar-refractivity contribution < 1.29 is 9.47 Å². The van der Waals surface area contributed by atoms with Gasteiger partial charge in [-0.15, -0.1) is 24.0 Å². The van der Waals surface area contributed by atoms with Crippen LogP contribution in [0.2, 0.25) is 0 Å². The summed E-state index contributed by atoms with van der Waals surface area (Å²) in [6.45, 7) is 5.97. The second-order valence-corrected chi connectivity index (χ2v) is 7.62. The molecule has 8 nitrogen and oxygen atoms in total. The van der Waals surface area contributed by atoms with Crippen molar-refractivity contribution >= 4 is 35.8 Å². The first kappa shape index (κ1) is 23.4. The van der Waals surface area contributed by atoms with Crippen LogP contribution in [-0.2, 0) is 6.54 Å². The number of piperazine rings is 1. The molecule has 1 saturated heterocycles. The first-order valence-electron chi connectivity index (χ1n) is 10.4. The number of fused-ring (bicyclic) bond motifs is 1. The van der Waals surface area contributed by atoms with Crippen LogP contribution < -0.4 is 25.0 Å². The number of nitrogens with one attached hydrogen (secondary N) is 2. The molecule has 2 aromatic rings. The highest BCUT2D eigenvalue weighted by Crippen LogP contribution is 2.30. The zero-order chi connectivity index (χ0) is 20.8. The maximum absolute atomic E-state index is 5.98. The van der Waals surface area contributed by atoms with Crippen LogP contribution in [0.15, 0.2) is 47.6 Å². The molecule has 1 fully saturated rings. The Balaban J connectivity index is 0.00000272. The number of likely N-dealkylation sites (N-methyl/N-ethyl adjacent to an activating group) is 1. The fourth-order valence-electron chi connectivity index (χ4n) is 3.52. The van der Waals surface area contributed by atoms with Gasteiger partial charge < -0.3 is 29.9 Å². The van der Waals surface area contributed by atoms with E-state index < -0.39 is 0 Å². The Morgan fingerprint density at radius 2 is 1.87 bits per heavy atom. The Hall–Kier alpha value is -2.27. The standard InChI is InChI=1S/C22H30N6O2.HI/c1-23-22(26-15-18-16-29-19-5-3-4-6-20(19)30-18)25-14-17-7-8-21(24-13-17)28-11-9-27(2)10-12-28;/h3-8,13,18H,9-12,14-16H2,1-2H3,(H2,23,25,26);1H. The van der Waals surface area contributed by atoms with E-state index in [9.17, 15) is 0 Å². The highest BCUT2D eigenvalue weighted by atomic mass is 127. The van der Waals surface area contributed by atoms with Crippen molar-refractivity contribution in [1.82, 2.24) is 20.5 Å². The molecule has 1 atom stereocenters. The molecule has 9 heteroatoms. The third-order valence-corrected chi connectivity index (χ3v) is 5.38. The van der Waals surface area contributed by atoms with Crippen molar-refractivity contribution in [2.45, 2.75) is 12.6 Å². The molecule has 0 bridgehead atoms. The maximum atomic E-state index is 5.98. The lowest BCUT2D eigenvalue weighted by atomic mass is 10.2. The fraction of sp³-hybridized carbons (Fsp3) is 0.455. The number of rotatable bonds is 5. The van der Waals surface area contributed by atoms with Crippen molar-refractivity contribution in [3.05, 3.63) is 48.2 Å². The Kier molecular flexibility index (Phi) is 8.59. The lowest BCUT2D eigenvalue weighted by molar-refractivity contribution is 0.0936. The predicted molar refractivity (Wildman–Crippen MR) is 134 cm³/mol. The van der Waals surface area contributed by atoms with E-state index in [1.807, 2.05) is 30.5 Å². The fourth-order valence-corrected chi connectivity index (χ4v) is 3.52. The number of benzene rings is 1. The monoisotopic (exact) mass is 538 g/mol. The molecule has 0 radical (unpaired) electrons. The third-order valence-electron chi connectivity index (χ3n) is 5.38. The van der Waals surface area contributed by atoms with Gasteiger partial charge >= 0.3 is 0 Å². The normalized spacial score (nSPS) is 18.8. The number of hydrogen-bond acceptors (Lipinski definition) is 6. The number of aliphatic imine (C=N–C) groups is 1. The number of guanidine groups is 1. The van der Waals surface area contributed by atoms with E-state index in [4.69, 9.17) is 9.47 Å². The second-order valence-electron chi connectivity index (χ2n) is 7.62. The molecule has 0 spiro atoms. The molecule has 0 aliphatic carbocycles. The van der Waals surface area contributed by atoms with Crippen LogP contribution >= 0.6 is 24.0 Å². The maximum Gasteiger partial charge on any atom is 0.191 e. The van der Waals surface area contributed by atoms with Gasteiger partial charge in [-0.05, 0) is 30.8 Å². The van der Waals surface area contributed by atoms with Crippen molar-refractivity contribution in [3.63, 3.8) is 0 Å². The number of para-hydroxylation sites is 2. The van der Waals surface area contributed by atoms with Crippen molar-refractivity contribution in [3.8, 4) is 11.5 Å². The van der Waals surface area contributed by atoms with E-state index in [0.717, 1.165) is 55.0 Å². The van der Waals surface area contributed by atoms with Gasteiger partial charge in [0.05, 0.1) is 6.54 Å². The molecule has 31 heavy (non-hydrogen) atoms. The van der Waals surface area contributed by atoms with Crippen LogP contribution in [0.5, 0.6) is 11.5 Å². The summed E-state index contributed by atoms with van der Waals surface area (Å²) in [5.74, 6) is 3.35. The molecule has 1 aromatic carbocycles. The summed E-state index contributed by atoms with van der Waals surface area (Å²) in [6, 6.07) is 12.0. The average molecular weight is 538 g/mol. The van der Waals surface area contributed by atoms with E-state index in [1.54, 1.807) is 7.05 Å². The number of nitrogens with zero attached hydrogens (tertiary/aromatic N) is 4. The minimum Gasteiger partial charge on any atom is -0.486 e. The lowest BCUT2D eigenvalue weighted by Crippen LogP contribution is -2.45. The third kappa shape index (κ3) is 6.36. The van der Waals surface area contributed by atoms with Gasteiger partial charge in [-0.1, -0.05) is 18.2 Å². The van der Waals surface area contributed by atoms with Crippen LogP contribution in [0.25, 0.3) is 0 Å². The van der Waals surface area contributed by atoms with Crippen LogP contribution in [0.3, 0.4) is 0 Å². The Labute approximate surface area is 201 Å². The van der Waals surface area contributed by atoms with Crippen LogP contribution in [0, 0.1) is 0 Å². The van der Waals surface area contributed by atoms with E-state index in [0.29, 0.717) is 19.7 Å². The predicted octanol–water partition coefficient (Wildman–Crippen LogP) is 1.96. The molecule has 0 amide bonds. The summed E-state index contributed by atoms with van der Waals surface area (Å²) >= 11 is 0.